The Morgan fingerprint density at radius 1 is 0.600 bits per heavy atom. The van der Waals surface area contributed by atoms with Gasteiger partial charge in [-0.3, -0.25) is 9.59 Å². The van der Waals surface area contributed by atoms with Crippen LogP contribution in [0.25, 0.3) is 6.08 Å². The Labute approximate surface area is 430 Å². The van der Waals surface area contributed by atoms with E-state index >= 15 is 0 Å². The standard InChI is InChI=1S/C51H64O24/c1-26(2)19-51(50(65)68-24-30-11-16-32(17-12-30)70-48-44(63)42(61)39(58)34(22-53)72-48,20-37(56)67-23-29-9-14-31(15-10-29)69-47-43(62)41(60)38(57)33(21-52)71-47)75-49-45(64)46(40(59)35(73-49)25-66-27(3)54)74-36(55)18-13-28-7-5-4-6-8-28/h4-18,26,33-35,38-49,52-53,57-64H,19-25H2,1-3H3/b18-13+/t33-,34-,35-,38-,39-,40-,41+,42+,43-,44-,45-,46+,47-,48-,49+,51-/m0/s1. The first-order chi connectivity index (χ1) is 35.7. The Morgan fingerprint density at radius 2 is 1.11 bits per heavy atom. The molecule has 0 unspecified atom stereocenters. The van der Waals surface area contributed by atoms with Gasteiger partial charge in [0.25, 0.3) is 0 Å². The van der Waals surface area contributed by atoms with Crippen molar-refractivity contribution in [2.75, 3.05) is 19.8 Å². The van der Waals surface area contributed by atoms with Gasteiger partial charge in [0.05, 0.1) is 19.6 Å². The van der Waals surface area contributed by atoms with E-state index in [4.69, 9.17) is 47.4 Å². The molecule has 0 amide bonds. The summed E-state index contributed by atoms with van der Waals surface area (Å²) in [5, 5.41) is 104. The highest BCUT2D eigenvalue weighted by Gasteiger charge is 2.54. The van der Waals surface area contributed by atoms with E-state index in [9.17, 15) is 70.2 Å². The first-order valence-electron chi connectivity index (χ1n) is 23.9. The molecule has 6 rings (SSSR count). The summed E-state index contributed by atoms with van der Waals surface area (Å²) in [7, 11) is 0. The topological polar surface area (TPSA) is 363 Å². The normalized spacial score (nSPS) is 30.7. The summed E-state index contributed by atoms with van der Waals surface area (Å²) in [6.45, 7) is 1.62. The van der Waals surface area contributed by atoms with Gasteiger partial charge in [-0.2, -0.15) is 0 Å². The highest BCUT2D eigenvalue weighted by Crippen LogP contribution is 2.36. The van der Waals surface area contributed by atoms with Crippen molar-refractivity contribution in [2.24, 2.45) is 5.92 Å². The molecule has 0 aliphatic carbocycles. The molecule has 412 valence electrons. The van der Waals surface area contributed by atoms with Crippen molar-refractivity contribution in [1.29, 1.82) is 0 Å². The molecule has 24 nitrogen and oxygen atoms in total. The molecule has 3 aliphatic heterocycles. The number of carbonyl (C=O) groups is 4. The highest BCUT2D eigenvalue weighted by molar-refractivity contribution is 5.87. The third-order valence-electron chi connectivity index (χ3n) is 12.3. The van der Waals surface area contributed by atoms with Gasteiger partial charge in [0.1, 0.15) is 98.5 Å². The molecule has 75 heavy (non-hydrogen) atoms. The SMILES string of the molecule is CC(=O)OC[C@@H]1O[C@H](O[C@](CC(=O)OCc2ccc(O[C@H]3O[C@@H](CO)[C@H](O)[C@@H](O)[C@@H]3O)cc2)(CC(C)C)C(=O)OCc2ccc(O[C@H]3O[C@@H](CO)[C@H](O)[C@@H](O)[C@@H]3O)cc2)[C@@H](O)[C@H](OC(=O)/C=C/c2ccccc2)[C@H]1O. The van der Waals surface area contributed by atoms with Gasteiger partial charge in [-0.25, -0.2) is 9.59 Å². The summed E-state index contributed by atoms with van der Waals surface area (Å²) in [5.74, 6) is -4.23. The fourth-order valence-corrected chi connectivity index (χ4v) is 8.28. The number of benzene rings is 3. The van der Waals surface area contributed by atoms with Crippen LogP contribution in [0.2, 0.25) is 0 Å². The molecule has 3 saturated heterocycles. The zero-order chi connectivity index (χ0) is 54.6. The third kappa shape index (κ3) is 15.5. The zero-order valence-electron chi connectivity index (χ0n) is 41.0. The van der Waals surface area contributed by atoms with Crippen LogP contribution in [-0.4, -0.2) is 192 Å². The third-order valence-corrected chi connectivity index (χ3v) is 12.3. The summed E-state index contributed by atoms with van der Waals surface area (Å²) in [5.41, 5.74) is -1.02. The maximum absolute atomic E-state index is 14.7. The summed E-state index contributed by atoms with van der Waals surface area (Å²) in [6, 6.07) is 20.2. The number of aliphatic hydroxyl groups is 10. The van der Waals surface area contributed by atoms with Crippen molar-refractivity contribution in [1.82, 2.24) is 0 Å². The van der Waals surface area contributed by atoms with Gasteiger partial charge in [0, 0.05) is 13.0 Å². The lowest BCUT2D eigenvalue weighted by Crippen LogP contribution is -2.63. The Bertz CT molecular complexity index is 2330. The molecule has 3 aromatic rings. The number of aliphatic hydroxyl groups excluding tert-OH is 10. The maximum Gasteiger partial charge on any atom is 0.339 e. The van der Waals surface area contributed by atoms with Crippen LogP contribution in [0.1, 0.15) is 50.3 Å². The van der Waals surface area contributed by atoms with Crippen LogP contribution in [0.5, 0.6) is 11.5 Å². The Kier molecular flexibility index (Phi) is 21.0. The molecule has 0 bridgehead atoms. The van der Waals surface area contributed by atoms with Crippen LogP contribution in [0, 0.1) is 5.92 Å². The largest absolute Gasteiger partial charge is 0.463 e. The van der Waals surface area contributed by atoms with E-state index in [1.165, 1.54) is 54.6 Å². The number of hydrogen-bond donors (Lipinski definition) is 10. The van der Waals surface area contributed by atoms with E-state index in [0.717, 1.165) is 13.0 Å². The van der Waals surface area contributed by atoms with Crippen molar-refractivity contribution in [3.8, 4) is 11.5 Å². The van der Waals surface area contributed by atoms with Gasteiger partial charge >= 0.3 is 23.9 Å². The smallest absolute Gasteiger partial charge is 0.339 e. The second kappa shape index (κ2) is 26.9. The monoisotopic (exact) mass is 1060 g/mol. The minimum atomic E-state index is -2.37. The van der Waals surface area contributed by atoms with Gasteiger partial charge in [0.15, 0.2) is 18.0 Å². The van der Waals surface area contributed by atoms with Gasteiger partial charge in [-0.1, -0.05) is 68.4 Å². The van der Waals surface area contributed by atoms with Crippen LogP contribution >= 0.6 is 0 Å². The maximum atomic E-state index is 14.7. The van der Waals surface area contributed by atoms with Crippen LogP contribution < -0.4 is 9.47 Å². The molecule has 10 N–H and O–H groups in total. The molecule has 3 heterocycles. The lowest BCUT2D eigenvalue weighted by molar-refractivity contribution is -0.328. The molecule has 0 saturated carbocycles. The van der Waals surface area contributed by atoms with Crippen molar-refractivity contribution >= 4 is 30.0 Å². The predicted octanol–water partition coefficient (Wildman–Crippen LogP) is -1.34. The number of rotatable bonds is 22. The van der Waals surface area contributed by atoms with Gasteiger partial charge in [-0.05, 0) is 59.4 Å². The summed E-state index contributed by atoms with van der Waals surface area (Å²) < 4.78 is 56.5. The molecular weight excluding hydrogens is 997 g/mol. The number of esters is 4. The van der Waals surface area contributed by atoms with E-state index in [2.05, 4.69) is 0 Å². The molecule has 0 aromatic heterocycles. The van der Waals surface area contributed by atoms with Crippen LogP contribution in [0.4, 0.5) is 0 Å². The van der Waals surface area contributed by atoms with Crippen molar-refractivity contribution in [3.05, 3.63) is 102 Å². The first-order valence-corrected chi connectivity index (χ1v) is 23.9. The molecule has 16 atom stereocenters. The quantitative estimate of drug-likeness (QED) is 0.0316. The predicted molar refractivity (Wildman–Crippen MR) is 252 cm³/mol. The molecule has 3 fully saturated rings. The van der Waals surface area contributed by atoms with E-state index < -0.39 is 167 Å². The minimum Gasteiger partial charge on any atom is -0.463 e. The summed E-state index contributed by atoms with van der Waals surface area (Å²) in [6.07, 6.45) is -23.3. The van der Waals surface area contributed by atoms with Crippen molar-refractivity contribution in [2.45, 2.75) is 145 Å². The number of ether oxygens (including phenoxy) is 10. The minimum absolute atomic E-state index is 0.102. The lowest BCUT2D eigenvalue weighted by atomic mass is 9.88. The fourth-order valence-electron chi connectivity index (χ4n) is 8.28. The Morgan fingerprint density at radius 3 is 1.60 bits per heavy atom. The Balaban J connectivity index is 1.23. The molecular formula is C51H64O24. The molecule has 3 aromatic carbocycles. The number of hydrogen-bond acceptors (Lipinski definition) is 24. The second-order valence-corrected chi connectivity index (χ2v) is 18.5. The molecule has 24 heteroatoms. The van der Waals surface area contributed by atoms with Crippen LogP contribution in [-0.2, 0) is 70.3 Å². The van der Waals surface area contributed by atoms with E-state index in [1.54, 1.807) is 44.2 Å². The van der Waals surface area contributed by atoms with Crippen LogP contribution in [0.15, 0.2) is 84.9 Å². The molecule has 3 aliphatic rings. The zero-order valence-corrected chi connectivity index (χ0v) is 41.0. The molecule has 0 spiro atoms. The first kappa shape index (κ1) is 58.6. The van der Waals surface area contributed by atoms with Crippen molar-refractivity contribution in [3.63, 3.8) is 0 Å². The van der Waals surface area contributed by atoms with Gasteiger partial charge < -0.3 is 98.4 Å². The van der Waals surface area contributed by atoms with Crippen molar-refractivity contribution < 1.29 is 118 Å². The second-order valence-electron chi connectivity index (χ2n) is 18.5. The Hall–Kier alpha value is -5.68. The fraction of sp³-hybridized carbons (Fsp3) is 0.529. The molecule has 0 radical (unpaired) electrons. The lowest BCUT2D eigenvalue weighted by Gasteiger charge is -2.44. The van der Waals surface area contributed by atoms with E-state index in [1.807, 2.05) is 0 Å². The van der Waals surface area contributed by atoms with E-state index in [0.29, 0.717) is 16.7 Å². The van der Waals surface area contributed by atoms with Crippen LogP contribution in [0.3, 0.4) is 0 Å². The summed E-state index contributed by atoms with van der Waals surface area (Å²) in [4.78, 5) is 53.7. The highest BCUT2D eigenvalue weighted by atomic mass is 16.7. The average Bonchev–Trinajstić information content (AvgIpc) is 3.39. The van der Waals surface area contributed by atoms with E-state index in [-0.39, 0.29) is 17.9 Å². The van der Waals surface area contributed by atoms with Gasteiger partial charge in [-0.15, -0.1) is 0 Å². The van der Waals surface area contributed by atoms with Gasteiger partial charge in [0.2, 0.25) is 12.6 Å². The number of carbonyl (C=O) groups excluding carboxylic acids is 4. The summed E-state index contributed by atoms with van der Waals surface area (Å²) >= 11 is 0. The average molecular weight is 1060 g/mol.